The molecule has 0 saturated carbocycles. The number of nitrogens with one attached hydrogen (secondary N) is 1. The van der Waals surface area contributed by atoms with Crippen LogP contribution in [-0.4, -0.2) is 19.1 Å². The molecule has 0 aromatic heterocycles. The second-order valence-electron chi connectivity index (χ2n) is 4.66. The number of ether oxygens (including phenoxy) is 2. The van der Waals surface area contributed by atoms with E-state index >= 15 is 0 Å². The first-order valence-corrected chi connectivity index (χ1v) is 7.00. The highest BCUT2D eigenvalue weighted by Gasteiger charge is 2.19. The summed E-state index contributed by atoms with van der Waals surface area (Å²) in [5.74, 6) is 0.291. The van der Waals surface area contributed by atoms with Crippen LogP contribution in [0.4, 0.5) is 10.1 Å². The van der Waals surface area contributed by atoms with Gasteiger partial charge in [-0.1, -0.05) is 25.1 Å². The molecule has 1 N–H and O–H groups in total. The van der Waals surface area contributed by atoms with Crippen molar-refractivity contribution in [2.45, 2.75) is 19.4 Å². The Morgan fingerprint density at radius 3 is 2.59 bits per heavy atom. The second-order valence-corrected chi connectivity index (χ2v) is 4.66. The van der Waals surface area contributed by atoms with Gasteiger partial charge < -0.3 is 14.8 Å². The zero-order valence-corrected chi connectivity index (χ0v) is 12.5. The molecule has 22 heavy (non-hydrogen) atoms. The van der Waals surface area contributed by atoms with E-state index in [0.717, 1.165) is 0 Å². The minimum Gasteiger partial charge on any atom is -0.497 e. The van der Waals surface area contributed by atoms with Gasteiger partial charge in [-0.3, -0.25) is 4.79 Å². The molecule has 1 atom stereocenters. The van der Waals surface area contributed by atoms with E-state index in [-0.39, 0.29) is 5.69 Å². The predicted octanol–water partition coefficient (Wildman–Crippen LogP) is 3.63. The number of para-hydroxylation sites is 1. The van der Waals surface area contributed by atoms with Crippen molar-refractivity contribution in [2.75, 3.05) is 12.4 Å². The van der Waals surface area contributed by atoms with Crippen LogP contribution in [0.2, 0.25) is 0 Å². The van der Waals surface area contributed by atoms with Gasteiger partial charge in [0.25, 0.3) is 5.91 Å². The molecule has 2 aromatic carbocycles. The topological polar surface area (TPSA) is 47.6 Å². The van der Waals surface area contributed by atoms with E-state index in [0.29, 0.717) is 17.9 Å². The van der Waals surface area contributed by atoms with Crippen LogP contribution >= 0.6 is 0 Å². The molecular formula is C17H18FNO3. The Morgan fingerprint density at radius 2 is 1.91 bits per heavy atom. The van der Waals surface area contributed by atoms with E-state index in [1.165, 1.54) is 12.1 Å². The van der Waals surface area contributed by atoms with Crippen molar-refractivity contribution in [2.24, 2.45) is 0 Å². The molecule has 0 fully saturated rings. The fourth-order valence-corrected chi connectivity index (χ4v) is 1.94. The molecule has 0 aliphatic carbocycles. The van der Waals surface area contributed by atoms with Gasteiger partial charge in [-0.05, 0) is 30.7 Å². The van der Waals surface area contributed by atoms with Crippen molar-refractivity contribution < 1.29 is 18.7 Å². The van der Waals surface area contributed by atoms with Crippen molar-refractivity contribution in [3.05, 3.63) is 54.3 Å². The molecule has 0 spiro atoms. The molecule has 0 unspecified atom stereocenters. The number of carbonyl (C=O) groups excluding carboxylic acids is 1. The Hall–Kier alpha value is -2.56. The van der Waals surface area contributed by atoms with Crippen LogP contribution in [0.1, 0.15) is 13.3 Å². The number of halogens is 1. The minimum atomic E-state index is -0.716. The van der Waals surface area contributed by atoms with Crippen LogP contribution in [0.25, 0.3) is 0 Å². The molecule has 0 aliphatic rings. The second kappa shape index (κ2) is 7.45. The number of methoxy groups -OCH3 is 1. The lowest BCUT2D eigenvalue weighted by Crippen LogP contribution is -2.32. The van der Waals surface area contributed by atoms with E-state index in [1.54, 1.807) is 43.5 Å². The number of hydrogen-bond acceptors (Lipinski definition) is 3. The van der Waals surface area contributed by atoms with Gasteiger partial charge in [-0.2, -0.15) is 0 Å². The maximum absolute atomic E-state index is 13.6. The average molecular weight is 303 g/mol. The molecule has 2 aromatic rings. The highest BCUT2D eigenvalue weighted by atomic mass is 19.1. The maximum Gasteiger partial charge on any atom is 0.265 e. The van der Waals surface area contributed by atoms with E-state index < -0.39 is 17.8 Å². The minimum absolute atomic E-state index is 0.139. The SMILES string of the molecule is CC[C@H](Oc1cccc(OC)c1)C(=O)Nc1ccccc1F. The van der Waals surface area contributed by atoms with Gasteiger partial charge in [0, 0.05) is 6.07 Å². The van der Waals surface area contributed by atoms with Crippen molar-refractivity contribution in [1.29, 1.82) is 0 Å². The Morgan fingerprint density at radius 1 is 1.18 bits per heavy atom. The number of rotatable bonds is 6. The van der Waals surface area contributed by atoms with Crippen LogP contribution in [0, 0.1) is 5.82 Å². The number of benzene rings is 2. The molecule has 5 heteroatoms. The number of amides is 1. The van der Waals surface area contributed by atoms with Gasteiger partial charge in [0.2, 0.25) is 0 Å². The van der Waals surface area contributed by atoms with E-state index in [1.807, 2.05) is 6.92 Å². The van der Waals surface area contributed by atoms with Gasteiger partial charge in [0.05, 0.1) is 12.8 Å². The normalized spacial score (nSPS) is 11.6. The van der Waals surface area contributed by atoms with Crippen molar-refractivity contribution >= 4 is 11.6 Å². The van der Waals surface area contributed by atoms with Crippen molar-refractivity contribution in [3.8, 4) is 11.5 Å². The first kappa shape index (κ1) is 15.8. The molecule has 2 rings (SSSR count). The van der Waals surface area contributed by atoms with Gasteiger partial charge in [0.15, 0.2) is 6.10 Å². The lowest BCUT2D eigenvalue weighted by Gasteiger charge is -2.18. The summed E-state index contributed by atoms with van der Waals surface area (Å²) in [5, 5.41) is 2.54. The van der Waals surface area contributed by atoms with Crippen molar-refractivity contribution in [1.82, 2.24) is 0 Å². The monoisotopic (exact) mass is 303 g/mol. The number of carbonyl (C=O) groups is 1. The Kier molecular flexibility index (Phi) is 5.36. The molecule has 1 amide bonds. The van der Waals surface area contributed by atoms with Crippen LogP contribution in [0.5, 0.6) is 11.5 Å². The van der Waals surface area contributed by atoms with Crippen LogP contribution in [-0.2, 0) is 4.79 Å². The average Bonchev–Trinajstić information content (AvgIpc) is 2.54. The largest absolute Gasteiger partial charge is 0.497 e. The number of anilines is 1. The third-order valence-corrected chi connectivity index (χ3v) is 3.11. The summed E-state index contributed by atoms with van der Waals surface area (Å²) < 4.78 is 24.3. The summed E-state index contributed by atoms with van der Waals surface area (Å²) in [7, 11) is 1.56. The molecule has 0 saturated heterocycles. The maximum atomic E-state index is 13.6. The summed E-state index contributed by atoms with van der Waals surface area (Å²) >= 11 is 0. The Labute approximate surface area is 128 Å². The summed E-state index contributed by atoms with van der Waals surface area (Å²) in [6.07, 6.45) is -0.260. The smallest absolute Gasteiger partial charge is 0.265 e. The highest BCUT2D eigenvalue weighted by Crippen LogP contribution is 2.21. The predicted molar refractivity (Wildman–Crippen MR) is 82.7 cm³/mol. The highest BCUT2D eigenvalue weighted by molar-refractivity contribution is 5.94. The van der Waals surface area contributed by atoms with Crippen LogP contribution in [0.15, 0.2) is 48.5 Å². The first-order chi connectivity index (χ1) is 10.6. The summed E-state index contributed by atoms with van der Waals surface area (Å²) in [5.41, 5.74) is 0.139. The molecule has 4 nitrogen and oxygen atoms in total. The summed E-state index contributed by atoms with van der Waals surface area (Å²) in [6, 6.07) is 13.0. The lowest BCUT2D eigenvalue weighted by molar-refractivity contribution is -0.122. The van der Waals surface area contributed by atoms with Crippen molar-refractivity contribution in [3.63, 3.8) is 0 Å². The van der Waals surface area contributed by atoms with Crippen LogP contribution in [0.3, 0.4) is 0 Å². The van der Waals surface area contributed by atoms with Gasteiger partial charge in [0.1, 0.15) is 17.3 Å². The van der Waals surface area contributed by atoms with E-state index in [9.17, 15) is 9.18 Å². The molecule has 116 valence electrons. The summed E-state index contributed by atoms with van der Waals surface area (Å²) in [4.78, 5) is 12.2. The molecular weight excluding hydrogens is 285 g/mol. The third kappa shape index (κ3) is 3.97. The standard InChI is InChI=1S/C17H18FNO3/c1-3-16(22-13-8-6-7-12(11-13)21-2)17(20)19-15-10-5-4-9-14(15)18/h4-11,16H,3H2,1-2H3,(H,19,20)/t16-/m0/s1. The third-order valence-electron chi connectivity index (χ3n) is 3.11. The van der Waals surface area contributed by atoms with Gasteiger partial charge >= 0.3 is 0 Å². The fraction of sp³-hybridized carbons (Fsp3) is 0.235. The molecule has 0 radical (unpaired) electrons. The van der Waals surface area contributed by atoms with Gasteiger partial charge in [-0.15, -0.1) is 0 Å². The Bertz CT molecular complexity index is 645. The molecule has 0 bridgehead atoms. The fourth-order valence-electron chi connectivity index (χ4n) is 1.94. The van der Waals surface area contributed by atoms with E-state index in [4.69, 9.17) is 9.47 Å². The molecule has 0 heterocycles. The van der Waals surface area contributed by atoms with E-state index in [2.05, 4.69) is 5.32 Å². The Balaban J connectivity index is 2.07. The quantitative estimate of drug-likeness (QED) is 0.886. The summed E-state index contributed by atoms with van der Waals surface area (Å²) in [6.45, 7) is 1.83. The van der Waals surface area contributed by atoms with Crippen LogP contribution < -0.4 is 14.8 Å². The van der Waals surface area contributed by atoms with Gasteiger partial charge in [-0.25, -0.2) is 4.39 Å². The zero-order valence-electron chi connectivity index (χ0n) is 12.5. The number of hydrogen-bond donors (Lipinski definition) is 1. The lowest BCUT2D eigenvalue weighted by atomic mass is 10.2. The molecule has 0 aliphatic heterocycles. The first-order valence-electron chi connectivity index (χ1n) is 7.00. The zero-order chi connectivity index (χ0) is 15.9.